The van der Waals surface area contributed by atoms with Crippen LogP contribution in [0.15, 0.2) is 11.6 Å². The van der Waals surface area contributed by atoms with E-state index in [1.54, 1.807) is 5.57 Å². The summed E-state index contributed by atoms with van der Waals surface area (Å²) in [5.74, 6) is 5.30. The Morgan fingerprint density at radius 2 is 1.35 bits per heavy atom. The Balaban J connectivity index is 1.08. The molecule has 0 aromatic heterocycles. The number of ether oxygens (including phenoxy) is 1. The molecule has 0 aromatic carbocycles. The molecule has 0 aromatic rings. The van der Waals surface area contributed by atoms with Crippen LogP contribution in [-0.4, -0.2) is 23.8 Å². The third kappa shape index (κ3) is 11.1. The summed E-state index contributed by atoms with van der Waals surface area (Å²) in [7, 11) is 0. The van der Waals surface area contributed by atoms with E-state index in [-0.39, 0.29) is 12.1 Å². The summed E-state index contributed by atoms with van der Waals surface area (Å²) in [5.41, 5.74) is 2.52. The van der Waals surface area contributed by atoms with Gasteiger partial charge in [-0.1, -0.05) is 149 Å². The fraction of sp³-hybridized carbons (Fsp3) is 0.933. The highest BCUT2D eigenvalue weighted by Crippen LogP contribution is 2.67. The van der Waals surface area contributed by atoms with E-state index in [2.05, 4.69) is 40.7 Å². The van der Waals surface area contributed by atoms with Gasteiger partial charge in [0.05, 0.1) is 0 Å². The molecule has 4 aliphatic carbocycles. The minimum atomic E-state index is 0.0548. The average molecular weight is 669 g/mol. The van der Waals surface area contributed by atoms with Crippen LogP contribution in [0.25, 0.3) is 0 Å². The molecule has 0 amide bonds. The molecule has 48 heavy (non-hydrogen) atoms. The molecule has 0 radical (unpaired) electrons. The van der Waals surface area contributed by atoms with Crippen LogP contribution >= 0.6 is 0 Å². The third-order valence-electron chi connectivity index (χ3n) is 14.6. The van der Waals surface area contributed by atoms with Crippen LogP contribution in [0.2, 0.25) is 0 Å². The van der Waals surface area contributed by atoms with Gasteiger partial charge in [0.1, 0.15) is 6.10 Å². The van der Waals surface area contributed by atoms with Crippen molar-refractivity contribution in [3.05, 3.63) is 11.6 Å². The third-order valence-corrected chi connectivity index (χ3v) is 14.6. The van der Waals surface area contributed by atoms with Crippen molar-refractivity contribution in [3.8, 4) is 0 Å². The molecule has 278 valence electrons. The van der Waals surface area contributed by atoms with E-state index in [1.165, 1.54) is 141 Å². The first-order chi connectivity index (χ1) is 23.2. The molecule has 0 bridgehead atoms. The maximum atomic E-state index is 12.8. The van der Waals surface area contributed by atoms with Gasteiger partial charge in [0.25, 0.3) is 0 Å². The Kier molecular flexibility index (Phi) is 16.9. The molecule has 3 nitrogen and oxygen atoms in total. The van der Waals surface area contributed by atoms with Crippen LogP contribution in [0.4, 0.5) is 0 Å². The van der Waals surface area contributed by atoms with Gasteiger partial charge in [0.15, 0.2) is 0 Å². The van der Waals surface area contributed by atoms with Gasteiger partial charge in [0.2, 0.25) is 0 Å². The minimum absolute atomic E-state index is 0.0548. The van der Waals surface area contributed by atoms with E-state index in [1.807, 2.05) is 0 Å². The quantitative estimate of drug-likeness (QED) is 0.0669. The summed E-state index contributed by atoms with van der Waals surface area (Å²) in [6.45, 7) is 13.0. The molecule has 0 saturated heterocycles. The highest BCUT2D eigenvalue weighted by molar-refractivity contribution is 5.69. The first-order valence-electron chi connectivity index (χ1n) is 21.7. The second kappa shape index (κ2) is 20.3. The van der Waals surface area contributed by atoms with Gasteiger partial charge in [-0.3, -0.25) is 4.79 Å². The fourth-order valence-electron chi connectivity index (χ4n) is 11.7. The molecule has 0 heterocycles. The van der Waals surface area contributed by atoms with Crippen molar-refractivity contribution in [1.29, 1.82) is 0 Å². The number of esters is 1. The Morgan fingerprint density at radius 3 is 1.96 bits per heavy atom. The van der Waals surface area contributed by atoms with E-state index in [0.29, 0.717) is 23.9 Å². The molecule has 0 spiro atoms. The first kappa shape index (κ1) is 39.9. The Hall–Kier alpha value is -0.830. The number of aliphatic hydroxyl groups is 1. The van der Waals surface area contributed by atoms with Gasteiger partial charge in [0, 0.05) is 19.4 Å². The van der Waals surface area contributed by atoms with Crippen LogP contribution in [0, 0.1) is 46.3 Å². The van der Waals surface area contributed by atoms with Crippen molar-refractivity contribution in [2.45, 2.75) is 214 Å². The number of carbonyl (C=O) groups excluding carboxylic acids is 1. The summed E-state index contributed by atoms with van der Waals surface area (Å²) in [4.78, 5) is 12.8. The van der Waals surface area contributed by atoms with Crippen molar-refractivity contribution in [2.24, 2.45) is 46.3 Å². The maximum Gasteiger partial charge on any atom is 0.306 e. The molecule has 4 aliphatic rings. The molecular formula is C45H80O3. The zero-order valence-corrected chi connectivity index (χ0v) is 32.7. The van der Waals surface area contributed by atoms with E-state index < -0.39 is 0 Å². The lowest BCUT2D eigenvalue weighted by molar-refractivity contribution is -0.151. The fourth-order valence-corrected chi connectivity index (χ4v) is 11.7. The number of allylic oxidation sites excluding steroid dienone is 1. The SMILES string of the molecule is CC(C)CCC[C@@H](C)[C@H]1CC[C@@H]2[C@@H]3CC=C4C[C@H](OC(=O)CCCCCCCCCCCCCCCCCO)CC[C@]4(C)[C@H]3CC[C@@]21C. The smallest absolute Gasteiger partial charge is 0.306 e. The van der Waals surface area contributed by atoms with Gasteiger partial charge in [-0.25, -0.2) is 0 Å². The molecule has 0 aliphatic heterocycles. The van der Waals surface area contributed by atoms with Crippen LogP contribution in [0.1, 0.15) is 208 Å². The molecule has 0 unspecified atom stereocenters. The summed E-state index contributed by atoms with van der Waals surface area (Å²) in [6, 6.07) is 0. The normalized spacial score (nSPS) is 32.0. The zero-order chi connectivity index (χ0) is 34.4. The van der Waals surface area contributed by atoms with Gasteiger partial charge >= 0.3 is 5.97 Å². The molecule has 3 fully saturated rings. The topological polar surface area (TPSA) is 46.5 Å². The van der Waals surface area contributed by atoms with Crippen molar-refractivity contribution < 1.29 is 14.6 Å². The van der Waals surface area contributed by atoms with E-state index >= 15 is 0 Å². The molecule has 8 atom stereocenters. The highest BCUT2D eigenvalue weighted by Gasteiger charge is 2.59. The van der Waals surface area contributed by atoms with E-state index in [9.17, 15) is 4.79 Å². The standard InChI is InChI=1S/C45H80O3/c1-35(2)22-21-23-36(3)40-27-28-41-39-26-25-37-34-38(29-31-44(37,4)42(39)30-32-45(40,41)5)48-43(47)24-19-17-15-13-11-9-7-6-8-10-12-14-16-18-20-33-46/h25,35-36,38-42,46H,6-24,26-34H2,1-5H3/t36-,38-,39+,40-,41-,42+,44+,45-/m1/s1. The molecule has 3 saturated carbocycles. The van der Waals surface area contributed by atoms with Gasteiger partial charge in [-0.2, -0.15) is 0 Å². The predicted molar refractivity (Wildman–Crippen MR) is 204 cm³/mol. The highest BCUT2D eigenvalue weighted by atomic mass is 16.5. The summed E-state index contributed by atoms with van der Waals surface area (Å²) in [5, 5.41) is 8.84. The molecule has 1 N–H and O–H groups in total. The van der Waals surface area contributed by atoms with Crippen molar-refractivity contribution >= 4 is 5.97 Å². The van der Waals surface area contributed by atoms with Gasteiger partial charge < -0.3 is 9.84 Å². The zero-order valence-electron chi connectivity index (χ0n) is 32.7. The number of fused-ring (bicyclic) bond motifs is 5. The first-order valence-corrected chi connectivity index (χ1v) is 21.7. The minimum Gasteiger partial charge on any atom is -0.462 e. The Labute approximate surface area is 298 Å². The van der Waals surface area contributed by atoms with Gasteiger partial charge in [-0.15, -0.1) is 0 Å². The molecule has 4 rings (SSSR count). The van der Waals surface area contributed by atoms with Crippen molar-refractivity contribution in [2.75, 3.05) is 6.61 Å². The summed E-state index contributed by atoms with van der Waals surface area (Å²) >= 11 is 0. The second-order valence-electron chi connectivity index (χ2n) is 18.4. The molecule has 3 heteroatoms. The average Bonchev–Trinajstić information content (AvgIpc) is 3.42. The van der Waals surface area contributed by atoms with Crippen molar-refractivity contribution in [1.82, 2.24) is 0 Å². The number of hydrogen-bond acceptors (Lipinski definition) is 3. The lowest BCUT2D eigenvalue weighted by Gasteiger charge is -2.58. The number of aliphatic hydroxyl groups excluding tert-OH is 1. The Morgan fingerprint density at radius 1 is 0.750 bits per heavy atom. The number of hydrogen-bond donors (Lipinski definition) is 1. The molecular weight excluding hydrogens is 588 g/mol. The van der Waals surface area contributed by atoms with Crippen LogP contribution in [0.5, 0.6) is 0 Å². The number of unbranched alkanes of at least 4 members (excludes halogenated alkanes) is 14. The predicted octanol–water partition coefficient (Wildman–Crippen LogP) is 13.2. The maximum absolute atomic E-state index is 12.8. The summed E-state index contributed by atoms with van der Waals surface area (Å²) < 4.78 is 6.13. The largest absolute Gasteiger partial charge is 0.462 e. The van der Waals surface area contributed by atoms with Crippen LogP contribution in [0.3, 0.4) is 0 Å². The van der Waals surface area contributed by atoms with Crippen molar-refractivity contribution in [3.63, 3.8) is 0 Å². The van der Waals surface area contributed by atoms with Crippen LogP contribution < -0.4 is 0 Å². The van der Waals surface area contributed by atoms with E-state index in [0.717, 1.165) is 61.2 Å². The van der Waals surface area contributed by atoms with E-state index in [4.69, 9.17) is 9.84 Å². The number of carbonyl (C=O) groups is 1. The Bertz CT molecular complexity index is 954. The lowest BCUT2D eigenvalue weighted by Crippen LogP contribution is -2.51. The van der Waals surface area contributed by atoms with Gasteiger partial charge in [-0.05, 0) is 104 Å². The number of rotatable bonds is 23. The van der Waals surface area contributed by atoms with Crippen LogP contribution in [-0.2, 0) is 9.53 Å². The monoisotopic (exact) mass is 669 g/mol. The lowest BCUT2D eigenvalue weighted by atomic mass is 9.47. The summed E-state index contributed by atoms with van der Waals surface area (Å²) in [6.07, 6.45) is 37.1. The second-order valence-corrected chi connectivity index (χ2v) is 18.4.